The molecular weight excluding hydrogens is 501 g/mol. The standard InChI is InChI=1S/C24H19Cl2N9O/c1-27-20-7-2-13(11-28-20)22-23(26)31-24(30-22)19-6-4-16-8-14(9-21(36)35(16)19)17-10-15(25)3-5-18(17)34-12-29-32-33-34/h2-3,5,7-12,19H,4,6H2,1H3,(H,27,28)(H,30,31)/t19-/m0/s1. The predicted molar refractivity (Wildman–Crippen MR) is 137 cm³/mol. The molecule has 0 bridgehead atoms. The highest BCUT2D eigenvalue weighted by atomic mass is 35.5. The van der Waals surface area contributed by atoms with Gasteiger partial charge in [-0.2, -0.15) is 4.68 Å². The molecule has 180 valence electrons. The zero-order valence-corrected chi connectivity index (χ0v) is 20.5. The Bertz CT molecular complexity index is 1620. The lowest BCUT2D eigenvalue weighted by Gasteiger charge is -2.15. The Morgan fingerprint density at radius 3 is 2.75 bits per heavy atom. The number of hydrogen-bond acceptors (Lipinski definition) is 7. The number of nitrogens with zero attached hydrogens (tertiary/aromatic N) is 7. The number of anilines is 1. The maximum Gasteiger partial charge on any atom is 0.252 e. The zero-order valence-electron chi connectivity index (χ0n) is 19.0. The third-order valence-electron chi connectivity index (χ3n) is 6.29. The number of benzene rings is 1. The van der Waals surface area contributed by atoms with Crippen LogP contribution in [0.1, 0.15) is 24.0 Å². The van der Waals surface area contributed by atoms with Gasteiger partial charge in [0.1, 0.15) is 28.8 Å². The van der Waals surface area contributed by atoms with E-state index in [1.807, 2.05) is 30.3 Å². The number of aryl methyl sites for hydroxylation is 1. The Kier molecular flexibility index (Phi) is 5.54. The van der Waals surface area contributed by atoms with E-state index in [1.54, 1.807) is 34.6 Å². The topological polar surface area (TPSA) is 119 Å². The molecule has 0 radical (unpaired) electrons. The maximum absolute atomic E-state index is 13.4. The highest BCUT2D eigenvalue weighted by molar-refractivity contribution is 6.32. The van der Waals surface area contributed by atoms with Crippen molar-refractivity contribution in [3.63, 3.8) is 0 Å². The van der Waals surface area contributed by atoms with Crippen molar-refractivity contribution in [1.82, 2.24) is 39.7 Å². The summed E-state index contributed by atoms with van der Waals surface area (Å²) in [7, 11) is 1.81. The van der Waals surface area contributed by atoms with Crippen molar-refractivity contribution in [2.75, 3.05) is 12.4 Å². The van der Waals surface area contributed by atoms with Crippen LogP contribution in [0.25, 0.3) is 28.1 Å². The van der Waals surface area contributed by atoms with Crippen molar-refractivity contribution >= 4 is 29.0 Å². The number of aromatic nitrogens is 8. The Morgan fingerprint density at radius 2 is 2.00 bits per heavy atom. The SMILES string of the molecule is CNc1ccc(-c2nc([C@@H]3CCc4cc(-c5cc(Cl)ccc5-n5cnnn5)cc(=O)n43)[nH]c2Cl)cn1. The van der Waals surface area contributed by atoms with Crippen molar-refractivity contribution in [3.8, 4) is 28.1 Å². The van der Waals surface area contributed by atoms with Crippen LogP contribution < -0.4 is 10.9 Å². The van der Waals surface area contributed by atoms with Gasteiger partial charge in [-0.3, -0.25) is 4.79 Å². The first-order chi connectivity index (χ1) is 17.5. The summed E-state index contributed by atoms with van der Waals surface area (Å²) >= 11 is 12.8. The lowest BCUT2D eigenvalue weighted by molar-refractivity contribution is 0.572. The molecule has 0 fully saturated rings. The molecule has 36 heavy (non-hydrogen) atoms. The second-order valence-corrected chi connectivity index (χ2v) is 9.20. The average Bonchev–Trinajstić information content (AvgIpc) is 3.64. The Balaban J connectivity index is 1.39. The Labute approximate surface area is 214 Å². The van der Waals surface area contributed by atoms with Gasteiger partial charge < -0.3 is 14.9 Å². The molecule has 4 aromatic heterocycles. The number of H-pyrrole nitrogens is 1. The molecule has 0 saturated heterocycles. The molecule has 0 unspecified atom stereocenters. The smallest absolute Gasteiger partial charge is 0.252 e. The fourth-order valence-corrected chi connectivity index (χ4v) is 5.04. The van der Waals surface area contributed by atoms with E-state index < -0.39 is 0 Å². The molecule has 5 heterocycles. The summed E-state index contributed by atoms with van der Waals surface area (Å²) in [6.45, 7) is 0. The summed E-state index contributed by atoms with van der Waals surface area (Å²) in [4.78, 5) is 25.7. The van der Waals surface area contributed by atoms with Gasteiger partial charge in [-0.25, -0.2) is 9.97 Å². The number of pyridine rings is 2. The average molecular weight is 520 g/mol. The van der Waals surface area contributed by atoms with E-state index in [0.717, 1.165) is 33.9 Å². The summed E-state index contributed by atoms with van der Waals surface area (Å²) in [5, 5.41) is 15.4. The molecule has 1 aliphatic rings. The van der Waals surface area contributed by atoms with Crippen molar-refractivity contribution in [3.05, 3.63) is 87.0 Å². The quantitative estimate of drug-likeness (QED) is 0.357. The number of imidazole rings is 1. The van der Waals surface area contributed by atoms with Crippen molar-refractivity contribution < 1.29 is 0 Å². The van der Waals surface area contributed by atoms with E-state index in [9.17, 15) is 4.79 Å². The fourth-order valence-electron chi connectivity index (χ4n) is 4.62. The van der Waals surface area contributed by atoms with E-state index in [-0.39, 0.29) is 11.6 Å². The van der Waals surface area contributed by atoms with Gasteiger partial charge in [0, 0.05) is 41.2 Å². The fraction of sp³-hybridized carbons (Fsp3) is 0.167. The summed E-state index contributed by atoms with van der Waals surface area (Å²) in [6, 6.07) is 12.5. The predicted octanol–water partition coefficient (Wildman–Crippen LogP) is 4.16. The van der Waals surface area contributed by atoms with Crippen molar-refractivity contribution in [2.24, 2.45) is 0 Å². The van der Waals surface area contributed by atoms with E-state index >= 15 is 0 Å². The minimum absolute atomic E-state index is 0.137. The van der Waals surface area contributed by atoms with Gasteiger partial charge in [-0.1, -0.05) is 23.2 Å². The van der Waals surface area contributed by atoms with E-state index in [0.29, 0.717) is 34.5 Å². The number of fused-ring (bicyclic) bond motifs is 1. The zero-order chi connectivity index (χ0) is 24.8. The molecule has 1 aliphatic heterocycles. The molecule has 0 spiro atoms. The second kappa shape index (κ2) is 8.89. The first-order valence-corrected chi connectivity index (χ1v) is 12.0. The second-order valence-electron chi connectivity index (χ2n) is 8.38. The first-order valence-electron chi connectivity index (χ1n) is 11.2. The number of nitrogens with one attached hydrogen (secondary N) is 2. The van der Waals surface area contributed by atoms with Crippen LogP contribution in [0.5, 0.6) is 0 Å². The molecular formula is C24H19Cl2N9O. The van der Waals surface area contributed by atoms with E-state index in [2.05, 4.69) is 30.8 Å². The van der Waals surface area contributed by atoms with Gasteiger partial charge >= 0.3 is 0 Å². The van der Waals surface area contributed by atoms with Crippen LogP contribution in [0.2, 0.25) is 10.2 Å². The van der Waals surface area contributed by atoms with Gasteiger partial charge in [-0.05, 0) is 65.2 Å². The number of rotatable bonds is 5. The first kappa shape index (κ1) is 22.4. The van der Waals surface area contributed by atoms with Gasteiger partial charge in [0.25, 0.3) is 5.56 Å². The molecule has 12 heteroatoms. The lowest BCUT2D eigenvalue weighted by Crippen LogP contribution is -2.24. The summed E-state index contributed by atoms with van der Waals surface area (Å²) in [5.41, 5.74) is 4.39. The highest BCUT2D eigenvalue weighted by Gasteiger charge is 2.29. The maximum atomic E-state index is 13.4. The Hall–Kier alpha value is -4.02. The third kappa shape index (κ3) is 3.84. The number of halogens is 2. The van der Waals surface area contributed by atoms with Crippen LogP contribution in [0, 0.1) is 0 Å². The monoisotopic (exact) mass is 519 g/mol. The number of tetrazole rings is 1. The Morgan fingerprint density at radius 1 is 1.11 bits per heavy atom. The van der Waals surface area contributed by atoms with Gasteiger partial charge in [0.05, 0.1) is 11.7 Å². The van der Waals surface area contributed by atoms with Crippen LogP contribution in [0.3, 0.4) is 0 Å². The molecule has 0 saturated carbocycles. The summed E-state index contributed by atoms with van der Waals surface area (Å²) in [6.07, 6.45) is 4.64. The summed E-state index contributed by atoms with van der Waals surface area (Å²) < 4.78 is 3.32. The van der Waals surface area contributed by atoms with Gasteiger partial charge in [0.15, 0.2) is 0 Å². The molecule has 10 nitrogen and oxygen atoms in total. The normalized spacial score (nSPS) is 14.7. The molecule has 1 atom stereocenters. The van der Waals surface area contributed by atoms with Crippen molar-refractivity contribution in [1.29, 1.82) is 0 Å². The van der Waals surface area contributed by atoms with E-state index in [4.69, 9.17) is 28.2 Å². The van der Waals surface area contributed by atoms with Crippen LogP contribution in [-0.4, -0.2) is 46.8 Å². The van der Waals surface area contributed by atoms with Crippen LogP contribution in [0.15, 0.2) is 59.8 Å². The minimum Gasteiger partial charge on any atom is -0.373 e. The molecule has 0 amide bonds. The molecule has 0 aliphatic carbocycles. The van der Waals surface area contributed by atoms with Gasteiger partial charge in [-0.15, -0.1) is 5.10 Å². The molecule has 5 aromatic rings. The van der Waals surface area contributed by atoms with E-state index in [1.165, 1.54) is 6.33 Å². The number of aromatic amines is 1. The lowest BCUT2D eigenvalue weighted by atomic mass is 10.0. The van der Waals surface area contributed by atoms with Crippen LogP contribution in [-0.2, 0) is 6.42 Å². The molecule has 1 aromatic carbocycles. The number of hydrogen-bond donors (Lipinski definition) is 2. The van der Waals surface area contributed by atoms with Crippen LogP contribution >= 0.6 is 23.2 Å². The highest BCUT2D eigenvalue weighted by Crippen LogP contribution is 2.36. The molecule has 2 N–H and O–H groups in total. The van der Waals surface area contributed by atoms with Gasteiger partial charge in [0.2, 0.25) is 0 Å². The molecule has 6 rings (SSSR count). The minimum atomic E-state index is -0.254. The third-order valence-corrected chi connectivity index (χ3v) is 6.79. The summed E-state index contributed by atoms with van der Waals surface area (Å²) in [5.74, 6) is 1.39. The largest absolute Gasteiger partial charge is 0.373 e. The van der Waals surface area contributed by atoms with Crippen LogP contribution in [0.4, 0.5) is 5.82 Å². The van der Waals surface area contributed by atoms with Crippen molar-refractivity contribution in [2.45, 2.75) is 18.9 Å².